The van der Waals surface area contributed by atoms with E-state index in [4.69, 9.17) is 28.9 Å². The number of pyridine rings is 1. The molecule has 1 heterocycles. The van der Waals surface area contributed by atoms with Gasteiger partial charge in [0.05, 0.1) is 10.7 Å². The monoisotopic (exact) mass is 377 g/mol. The highest BCUT2D eigenvalue weighted by Crippen LogP contribution is 2.32. The summed E-state index contributed by atoms with van der Waals surface area (Å²) in [5.41, 5.74) is 5.98. The summed E-state index contributed by atoms with van der Waals surface area (Å²) in [6.07, 6.45) is 0. The number of nitrogens with one attached hydrogen (secondary N) is 1. The van der Waals surface area contributed by atoms with Crippen molar-refractivity contribution < 1.29 is 9.18 Å². The van der Waals surface area contributed by atoms with Crippen LogP contribution in [0.1, 0.15) is 10.4 Å². The van der Waals surface area contributed by atoms with Crippen molar-refractivity contribution >= 4 is 56.5 Å². The van der Waals surface area contributed by atoms with Crippen molar-refractivity contribution in [3.8, 4) is 0 Å². The molecule has 0 atom stereocenters. The predicted molar refractivity (Wildman–Crippen MR) is 80.7 cm³/mol. The minimum atomic E-state index is -0.518. The maximum Gasteiger partial charge on any atom is 0.255 e. The number of anilines is 2. The Bertz CT molecular complexity index is 653. The first kappa shape index (κ1) is 15.0. The van der Waals surface area contributed by atoms with Crippen molar-refractivity contribution in [1.82, 2.24) is 4.98 Å². The number of aromatic nitrogens is 1. The zero-order valence-electron chi connectivity index (χ0n) is 9.75. The van der Waals surface area contributed by atoms with Crippen LogP contribution < -0.4 is 11.1 Å². The van der Waals surface area contributed by atoms with Crippen molar-refractivity contribution in [3.63, 3.8) is 0 Å². The molecule has 0 spiro atoms. The van der Waals surface area contributed by atoms with Gasteiger partial charge in [-0.15, -0.1) is 0 Å². The van der Waals surface area contributed by atoms with Crippen molar-refractivity contribution in [2.45, 2.75) is 0 Å². The molecule has 0 saturated heterocycles. The van der Waals surface area contributed by atoms with Gasteiger partial charge in [-0.3, -0.25) is 4.79 Å². The van der Waals surface area contributed by atoms with Gasteiger partial charge >= 0.3 is 0 Å². The molecule has 8 heteroatoms. The molecular formula is C12H7BrCl2FN3O. The van der Waals surface area contributed by atoms with Gasteiger partial charge in [-0.2, -0.15) is 0 Å². The number of benzene rings is 1. The first-order chi connectivity index (χ1) is 9.36. The lowest BCUT2D eigenvalue weighted by molar-refractivity contribution is 0.102. The Morgan fingerprint density at radius 1 is 1.30 bits per heavy atom. The van der Waals surface area contributed by atoms with E-state index in [1.165, 1.54) is 18.2 Å². The van der Waals surface area contributed by atoms with Gasteiger partial charge in [0.25, 0.3) is 5.91 Å². The molecule has 0 aliphatic carbocycles. The number of nitrogen functional groups attached to an aromatic ring is 1. The van der Waals surface area contributed by atoms with Crippen LogP contribution in [0.25, 0.3) is 0 Å². The summed E-state index contributed by atoms with van der Waals surface area (Å²) in [5, 5.41) is 2.71. The normalized spacial score (nSPS) is 10.4. The average molecular weight is 379 g/mol. The molecule has 1 amide bonds. The summed E-state index contributed by atoms with van der Waals surface area (Å²) in [4.78, 5) is 15.8. The molecule has 3 N–H and O–H groups in total. The lowest BCUT2D eigenvalue weighted by atomic mass is 10.2. The lowest BCUT2D eigenvalue weighted by Gasteiger charge is -2.10. The smallest absolute Gasteiger partial charge is 0.255 e. The summed E-state index contributed by atoms with van der Waals surface area (Å²) in [6.45, 7) is 0. The molecule has 0 saturated carbocycles. The van der Waals surface area contributed by atoms with Crippen LogP contribution >= 0.6 is 39.1 Å². The number of halogens is 4. The van der Waals surface area contributed by atoms with E-state index in [0.29, 0.717) is 4.47 Å². The van der Waals surface area contributed by atoms with Crippen LogP contribution in [0.15, 0.2) is 28.7 Å². The van der Waals surface area contributed by atoms with Crippen LogP contribution in [0.2, 0.25) is 10.2 Å². The average Bonchev–Trinajstić information content (AvgIpc) is 2.32. The molecule has 0 aliphatic rings. The predicted octanol–water partition coefficient (Wildman–Crippen LogP) is 4.12. The first-order valence-corrected chi connectivity index (χ1v) is 6.80. The fourth-order valence-electron chi connectivity index (χ4n) is 1.50. The van der Waals surface area contributed by atoms with E-state index < -0.39 is 11.7 Å². The van der Waals surface area contributed by atoms with Gasteiger partial charge in [0.1, 0.15) is 16.8 Å². The van der Waals surface area contributed by atoms with E-state index in [1.807, 2.05) is 0 Å². The van der Waals surface area contributed by atoms with Crippen molar-refractivity contribution in [3.05, 3.63) is 50.3 Å². The molecule has 1 aromatic heterocycles. The molecule has 0 fully saturated rings. The topological polar surface area (TPSA) is 68.0 Å². The number of carbonyl (C=O) groups excluding carboxylic acids is 1. The van der Waals surface area contributed by atoms with Crippen LogP contribution in [0, 0.1) is 5.82 Å². The number of hydrogen-bond acceptors (Lipinski definition) is 3. The number of nitrogens with zero attached hydrogens (tertiary/aromatic N) is 1. The minimum Gasteiger partial charge on any atom is -0.384 e. The van der Waals surface area contributed by atoms with Gasteiger partial charge in [0.2, 0.25) is 0 Å². The van der Waals surface area contributed by atoms with E-state index in [1.54, 1.807) is 0 Å². The Hall–Kier alpha value is -1.37. The van der Waals surface area contributed by atoms with Crippen LogP contribution in [-0.4, -0.2) is 10.9 Å². The van der Waals surface area contributed by atoms with Gasteiger partial charge in [-0.1, -0.05) is 23.2 Å². The third-order valence-electron chi connectivity index (χ3n) is 2.32. The summed E-state index contributed by atoms with van der Waals surface area (Å²) in [5.74, 6) is -0.891. The molecule has 0 bridgehead atoms. The van der Waals surface area contributed by atoms with Crippen molar-refractivity contribution in [2.24, 2.45) is 0 Å². The van der Waals surface area contributed by atoms with E-state index >= 15 is 0 Å². The second-order valence-corrected chi connectivity index (χ2v) is 5.45. The van der Waals surface area contributed by atoms with Crippen LogP contribution in [0.5, 0.6) is 0 Å². The molecule has 4 nitrogen and oxygen atoms in total. The SMILES string of the molecule is Nc1cc(C(=O)Nc2c(Cl)cc(F)cc2Br)cc(Cl)n1. The molecule has 20 heavy (non-hydrogen) atoms. The number of amides is 1. The van der Waals surface area contributed by atoms with E-state index in [-0.39, 0.29) is 27.2 Å². The Morgan fingerprint density at radius 2 is 2.00 bits per heavy atom. The van der Waals surface area contributed by atoms with Crippen molar-refractivity contribution in [2.75, 3.05) is 11.1 Å². The number of nitrogens with two attached hydrogens (primary N) is 1. The summed E-state index contributed by atoms with van der Waals surface area (Å²) in [7, 11) is 0. The van der Waals surface area contributed by atoms with Crippen LogP contribution in [0.3, 0.4) is 0 Å². The Labute approximate surface area is 132 Å². The Balaban J connectivity index is 2.32. The first-order valence-electron chi connectivity index (χ1n) is 5.26. The molecular weight excluding hydrogens is 372 g/mol. The van der Waals surface area contributed by atoms with Crippen LogP contribution in [-0.2, 0) is 0 Å². The highest BCUT2D eigenvalue weighted by Gasteiger charge is 2.14. The fraction of sp³-hybridized carbons (Fsp3) is 0. The zero-order valence-corrected chi connectivity index (χ0v) is 12.9. The molecule has 2 aromatic rings. The number of hydrogen-bond donors (Lipinski definition) is 2. The van der Waals surface area contributed by atoms with Gasteiger partial charge in [-0.25, -0.2) is 9.37 Å². The second-order valence-electron chi connectivity index (χ2n) is 3.80. The minimum absolute atomic E-state index is 0.0679. The standard InChI is InChI=1S/C12H7BrCl2FN3O/c13-7-3-6(16)4-8(14)11(7)19-12(20)5-1-9(15)18-10(17)2-5/h1-4H,(H2,17,18)(H,19,20). The van der Waals surface area contributed by atoms with E-state index in [0.717, 1.165) is 6.07 Å². The van der Waals surface area contributed by atoms with Crippen molar-refractivity contribution in [1.29, 1.82) is 0 Å². The maximum absolute atomic E-state index is 13.1. The summed E-state index contributed by atoms with van der Waals surface area (Å²) in [6, 6.07) is 5.01. The van der Waals surface area contributed by atoms with Gasteiger partial charge in [-0.05, 0) is 40.2 Å². The molecule has 104 valence electrons. The van der Waals surface area contributed by atoms with E-state index in [9.17, 15) is 9.18 Å². The van der Waals surface area contributed by atoms with Gasteiger partial charge in [0, 0.05) is 10.0 Å². The Morgan fingerprint density at radius 3 is 2.60 bits per heavy atom. The van der Waals surface area contributed by atoms with Gasteiger partial charge < -0.3 is 11.1 Å². The number of rotatable bonds is 2. The fourth-order valence-corrected chi connectivity index (χ4v) is 2.61. The summed E-state index contributed by atoms with van der Waals surface area (Å²) < 4.78 is 13.4. The highest BCUT2D eigenvalue weighted by atomic mass is 79.9. The largest absolute Gasteiger partial charge is 0.384 e. The zero-order chi connectivity index (χ0) is 14.9. The molecule has 2 rings (SSSR count). The van der Waals surface area contributed by atoms with E-state index in [2.05, 4.69) is 26.2 Å². The highest BCUT2D eigenvalue weighted by molar-refractivity contribution is 9.10. The van der Waals surface area contributed by atoms with Gasteiger partial charge in [0.15, 0.2) is 0 Å². The number of carbonyl (C=O) groups is 1. The quantitative estimate of drug-likeness (QED) is 0.772. The second kappa shape index (κ2) is 5.95. The molecule has 0 unspecified atom stereocenters. The van der Waals surface area contributed by atoms with Crippen LogP contribution in [0.4, 0.5) is 15.9 Å². The third kappa shape index (κ3) is 3.39. The Kier molecular flexibility index (Phi) is 4.47. The molecule has 0 aliphatic heterocycles. The maximum atomic E-state index is 13.1. The molecule has 1 aromatic carbocycles. The third-order valence-corrected chi connectivity index (χ3v) is 3.44. The summed E-state index contributed by atoms with van der Waals surface area (Å²) >= 11 is 14.7. The molecule has 0 radical (unpaired) electrons. The lowest BCUT2D eigenvalue weighted by Crippen LogP contribution is -2.13.